The molecule has 6 nitrogen and oxygen atoms in total. The topological polar surface area (TPSA) is 71.8 Å². The average Bonchev–Trinajstić information content (AvgIpc) is 2.63. The molecule has 15 heavy (non-hydrogen) atoms. The van der Waals surface area contributed by atoms with Gasteiger partial charge in [-0.2, -0.15) is 5.10 Å². The highest BCUT2D eigenvalue weighted by molar-refractivity contribution is 5.80. The van der Waals surface area contributed by atoms with Crippen molar-refractivity contribution in [3.8, 4) is 0 Å². The van der Waals surface area contributed by atoms with E-state index in [0.29, 0.717) is 6.54 Å². The Morgan fingerprint density at radius 3 is 2.93 bits per heavy atom. The van der Waals surface area contributed by atoms with Crippen LogP contribution >= 0.6 is 0 Å². The summed E-state index contributed by atoms with van der Waals surface area (Å²) in [6.45, 7) is 2.52. The molecule has 0 radical (unpaired) electrons. The van der Waals surface area contributed by atoms with Gasteiger partial charge in [-0.3, -0.25) is 9.48 Å². The number of carbonyl (C=O) groups is 1. The van der Waals surface area contributed by atoms with E-state index in [2.05, 4.69) is 20.7 Å². The van der Waals surface area contributed by atoms with E-state index in [1.54, 1.807) is 18.1 Å². The van der Waals surface area contributed by atoms with Crippen LogP contribution in [0.15, 0.2) is 6.33 Å². The van der Waals surface area contributed by atoms with Gasteiger partial charge < -0.3 is 10.6 Å². The van der Waals surface area contributed by atoms with Gasteiger partial charge in [0.15, 0.2) is 5.82 Å². The lowest BCUT2D eigenvalue weighted by atomic mass is 10.3. The zero-order valence-corrected chi connectivity index (χ0v) is 9.32. The summed E-state index contributed by atoms with van der Waals surface area (Å²) < 4.78 is 1.66. The van der Waals surface area contributed by atoms with Crippen molar-refractivity contribution in [3.05, 3.63) is 12.2 Å². The van der Waals surface area contributed by atoms with Crippen LogP contribution in [0.1, 0.15) is 12.7 Å². The van der Waals surface area contributed by atoms with Crippen molar-refractivity contribution in [2.24, 2.45) is 7.05 Å². The maximum Gasteiger partial charge on any atom is 0.236 e. The summed E-state index contributed by atoms with van der Waals surface area (Å²) in [4.78, 5) is 15.2. The normalized spacial score (nSPS) is 12.5. The van der Waals surface area contributed by atoms with Crippen LogP contribution in [0.4, 0.5) is 0 Å². The van der Waals surface area contributed by atoms with E-state index in [1.807, 2.05) is 14.0 Å². The van der Waals surface area contributed by atoms with E-state index < -0.39 is 0 Å². The van der Waals surface area contributed by atoms with Crippen LogP contribution in [0.2, 0.25) is 0 Å². The Hall–Kier alpha value is -1.43. The molecular formula is C9H17N5O. The fourth-order valence-corrected chi connectivity index (χ4v) is 1.21. The molecule has 0 saturated heterocycles. The first kappa shape index (κ1) is 11.6. The van der Waals surface area contributed by atoms with Crippen LogP contribution in [0.25, 0.3) is 0 Å². The number of rotatable bonds is 5. The van der Waals surface area contributed by atoms with Crippen molar-refractivity contribution in [3.63, 3.8) is 0 Å². The van der Waals surface area contributed by atoms with E-state index in [1.165, 1.54) is 0 Å². The Kier molecular flexibility index (Phi) is 4.23. The summed E-state index contributed by atoms with van der Waals surface area (Å²) in [5.74, 6) is 0.776. The SMILES string of the molecule is CNC(=O)C(C)NCCc1ncn(C)n1. The molecule has 0 aromatic carbocycles. The first-order valence-corrected chi connectivity index (χ1v) is 4.93. The fourth-order valence-electron chi connectivity index (χ4n) is 1.21. The van der Waals surface area contributed by atoms with Crippen molar-refractivity contribution in [1.82, 2.24) is 25.4 Å². The standard InChI is InChI=1S/C9H17N5O/c1-7(9(15)10-2)11-5-4-8-12-6-14(3)13-8/h6-7,11H,4-5H2,1-3H3,(H,10,15). The van der Waals surface area contributed by atoms with Crippen LogP contribution in [0, 0.1) is 0 Å². The molecule has 1 rings (SSSR count). The molecule has 1 atom stereocenters. The van der Waals surface area contributed by atoms with Gasteiger partial charge in [0.05, 0.1) is 6.04 Å². The molecule has 0 aliphatic carbocycles. The van der Waals surface area contributed by atoms with Gasteiger partial charge in [-0.1, -0.05) is 0 Å². The largest absolute Gasteiger partial charge is 0.358 e. The summed E-state index contributed by atoms with van der Waals surface area (Å²) in [7, 11) is 3.46. The quantitative estimate of drug-likeness (QED) is 0.661. The van der Waals surface area contributed by atoms with Gasteiger partial charge in [0.1, 0.15) is 6.33 Å². The highest BCUT2D eigenvalue weighted by Crippen LogP contribution is 1.89. The summed E-state index contributed by atoms with van der Waals surface area (Å²) in [5, 5.41) is 9.81. The Balaban J connectivity index is 2.24. The second-order valence-electron chi connectivity index (χ2n) is 3.37. The lowest BCUT2D eigenvalue weighted by Gasteiger charge is -2.10. The molecule has 1 heterocycles. The predicted molar refractivity (Wildman–Crippen MR) is 56.2 cm³/mol. The number of aromatic nitrogens is 3. The lowest BCUT2D eigenvalue weighted by Crippen LogP contribution is -2.41. The number of nitrogens with one attached hydrogen (secondary N) is 2. The summed E-state index contributed by atoms with van der Waals surface area (Å²) >= 11 is 0. The number of hydrogen-bond donors (Lipinski definition) is 2. The Bertz CT molecular complexity index is 322. The Morgan fingerprint density at radius 1 is 1.67 bits per heavy atom. The molecule has 2 N–H and O–H groups in total. The molecule has 0 aliphatic rings. The summed E-state index contributed by atoms with van der Waals surface area (Å²) in [6.07, 6.45) is 2.39. The third kappa shape index (κ3) is 3.67. The van der Waals surface area contributed by atoms with Gasteiger partial charge in [0.2, 0.25) is 5.91 Å². The fraction of sp³-hybridized carbons (Fsp3) is 0.667. The van der Waals surface area contributed by atoms with Crippen molar-refractivity contribution in [2.45, 2.75) is 19.4 Å². The van der Waals surface area contributed by atoms with Crippen molar-refractivity contribution < 1.29 is 4.79 Å². The van der Waals surface area contributed by atoms with Gasteiger partial charge >= 0.3 is 0 Å². The predicted octanol–water partition coefficient (Wildman–Crippen LogP) is -0.918. The molecule has 1 unspecified atom stereocenters. The molecule has 6 heteroatoms. The highest BCUT2D eigenvalue weighted by atomic mass is 16.2. The molecule has 1 aromatic rings. The molecule has 0 aliphatic heterocycles. The molecule has 0 saturated carbocycles. The number of hydrogen-bond acceptors (Lipinski definition) is 4. The Labute approximate surface area is 89.1 Å². The zero-order valence-electron chi connectivity index (χ0n) is 9.32. The van der Waals surface area contributed by atoms with Crippen molar-refractivity contribution >= 4 is 5.91 Å². The molecule has 1 amide bonds. The monoisotopic (exact) mass is 211 g/mol. The number of likely N-dealkylation sites (N-methyl/N-ethyl adjacent to an activating group) is 1. The van der Waals surface area contributed by atoms with Gasteiger partial charge in [0, 0.05) is 27.1 Å². The van der Waals surface area contributed by atoms with Crippen LogP contribution in [-0.4, -0.2) is 40.3 Å². The number of aryl methyl sites for hydroxylation is 1. The van der Waals surface area contributed by atoms with Crippen LogP contribution < -0.4 is 10.6 Å². The van der Waals surface area contributed by atoms with Gasteiger partial charge in [-0.05, 0) is 6.92 Å². The van der Waals surface area contributed by atoms with Gasteiger partial charge in [-0.15, -0.1) is 0 Å². The third-order valence-corrected chi connectivity index (χ3v) is 2.09. The first-order chi connectivity index (χ1) is 7.13. The van der Waals surface area contributed by atoms with Crippen molar-refractivity contribution in [1.29, 1.82) is 0 Å². The molecule has 84 valence electrons. The Morgan fingerprint density at radius 2 is 2.40 bits per heavy atom. The minimum atomic E-state index is -0.182. The number of nitrogens with zero attached hydrogens (tertiary/aromatic N) is 3. The number of amides is 1. The molecule has 1 aromatic heterocycles. The van der Waals surface area contributed by atoms with E-state index in [0.717, 1.165) is 12.2 Å². The summed E-state index contributed by atoms with van der Waals surface area (Å²) in [6, 6.07) is -0.182. The van der Waals surface area contributed by atoms with Crippen LogP contribution in [0.5, 0.6) is 0 Å². The highest BCUT2D eigenvalue weighted by Gasteiger charge is 2.09. The minimum Gasteiger partial charge on any atom is -0.358 e. The van der Waals surface area contributed by atoms with Crippen LogP contribution in [0.3, 0.4) is 0 Å². The second-order valence-corrected chi connectivity index (χ2v) is 3.37. The maximum atomic E-state index is 11.1. The lowest BCUT2D eigenvalue weighted by molar-refractivity contribution is -0.122. The van der Waals surface area contributed by atoms with Gasteiger partial charge in [0.25, 0.3) is 0 Å². The van der Waals surface area contributed by atoms with E-state index >= 15 is 0 Å². The van der Waals surface area contributed by atoms with Gasteiger partial charge in [-0.25, -0.2) is 4.98 Å². The zero-order chi connectivity index (χ0) is 11.3. The third-order valence-electron chi connectivity index (χ3n) is 2.09. The second kappa shape index (κ2) is 5.45. The average molecular weight is 211 g/mol. The van der Waals surface area contributed by atoms with Crippen LogP contribution in [-0.2, 0) is 18.3 Å². The molecule has 0 spiro atoms. The molecule has 0 fully saturated rings. The smallest absolute Gasteiger partial charge is 0.236 e. The number of carbonyl (C=O) groups excluding carboxylic acids is 1. The minimum absolute atomic E-state index is 0.0102. The molecular weight excluding hydrogens is 194 g/mol. The maximum absolute atomic E-state index is 11.1. The van der Waals surface area contributed by atoms with E-state index in [4.69, 9.17) is 0 Å². The van der Waals surface area contributed by atoms with E-state index in [9.17, 15) is 4.79 Å². The molecule has 0 bridgehead atoms. The summed E-state index contributed by atoms with van der Waals surface area (Å²) in [5.41, 5.74) is 0. The van der Waals surface area contributed by atoms with Crippen molar-refractivity contribution in [2.75, 3.05) is 13.6 Å². The van der Waals surface area contributed by atoms with E-state index in [-0.39, 0.29) is 11.9 Å². The first-order valence-electron chi connectivity index (χ1n) is 4.93.